The van der Waals surface area contributed by atoms with Crippen molar-refractivity contribution in [1.29, 1.82) is 0 Å². The van der Waals surface area contributed by atoms with Gasteiger partial charge in [-0.1, -0.05) is 13.3 Å². The van der Waals surface area contributed by atoms with E-state index in [0.717, 1.165) is 17.9 Å². The van der Waals surface area contributed by atoms with E-state index in [2.05, 4.69) is 6.92 Å². The summed E-state index contributed by atoms with van der Waals surface area (Å²) in [5, 5.41) is 0. The fourth-order valence-electron chi connectivity index (χ4n) is 0.920. The third-order valence-electron chi connectivity index (χ3n) is 1.41. The van der Waals surface area contributed by atoms with Gasteiger partial charge in [-0.2, -0.15) is 0 Å². The Labute approximate surface area is 63.1 Å². The Morgan fingerprint density at radius 2 is 2.56 bits per heavy atom. The monoisotopic (exact) mass is 164 g/mol. The summed E-state index contributed by atoms with van der Waals surface area (Å²) in [5.41, 5.74) is 0. The predicted molar refractivity (Wildman–Crippen MR) is 44.2 cm³/mol. The van der Waals surface area contributed by atoms with Crippen molar-refractivity contribution >= 4 is 22.6 Å². The van der Waals surface area contributed by atoms with Crippen LogP contribution in [0.5, 0.6) is 0 Å². The van der Waals surface area contributed by atoms with Gasteiger partial charge >= 0.3 is 0 Å². The lowest BCUT2D eigenvalue weighted by Gasteiger charge is -2.02. The van der Waals surface area contributed by atoms with Crippen LogP contribution in [0.3, 0.4) is 0 Å². The van der Waals surface area contributed by atoms with E-state index in [0.29, 0.717) is 4.58 Å². The van der Waals surface area contributed by atoms with E-state index in [4.69, 9.17) is 0 Å². The zero-order valence-electron chi connectivity index (χ0n) is 5.63. The van der Waals surface area contributed by atoms with Gasteiger partial charge in [-0.3, -0.25) is 4.21 Å². The van der Waals surface area contributed by atoms with Gasteiger partial charge in [0.1, 0.15) is 0 Å². The number of rotatable bonds is 2. The molecule has 1 aliphatic heterocycles. The topological polar surface area (TPSA) is 17.1 Å². The van der Waals surface area contributed by atoms with Gasteiger partial charge in [0.2, 0.25) is 0 Å². The molecule has 54 valence electrons. The zero-order chi connectivity index (χ0) is 6.69. The van der Waals surface area contributed by atoms with Gasteiger partial charge in [0.15, 0.2) is 0 Å². The van der Waals surface area contributed by atoms with Crippen molar-refractivity contribution in [2.45, 2.75) is 24.3 Å². The standard InChI is InChI=1S/C6H12OS2/c1-2-3-6-8-4-5-9(6)7/h6H,2-5H2,1H3/t6-,9-/m0/s1. The van der Waals surface area contributed by atoms with Crippen LogP contribution in [0.2, 0.25) is 0 Å². The number of hydrogen-bond donors (Lipinski definition) is 0. The second-order valence-corrected chi connectivity index (χ2v) is 5.52. The van der Waals surface area contributed by atoms with Gasteiger partial charge in [0.25, 0.3) is 0 Å². The van der Waals surface area contributed by atoms with E-state index in [1.807, 2.05) is 11.8 Å². The largest absolute Gasteiger partial charge is 0.258 e. The molecule has 1 aliphatic rings. The molecule has 0 aromatic heterocycles. The highest BCUT2D eigenvalue weighted by atomic mass is 32.2. The van der Waals surface area contributed by atoms with Gasteiger partial charge in [-0.15, -0.1) is 11.8 Å². The summed E-state index contributed by atoms with van der Waals surface area (Å²) >= 11 is 1.87. The first-order valence-corrected chi connectivity index (χ1v) is 5.76. The highest BCUT2D eigenvalue weighted by molar-refractivity contribution is 8.14. The van der Waals surface area contributed by atoms with Gasteiger partial charge in [0.05, 0.1) is 4.58 Å². The van der Waals surface area contributed by atoms with Crippen molar-refractivity contribution < 1.29 is 4.21 Å². The molecule has 1 nitrogen and oxygen atoms in total. The molecular weight excluding hydrogens is 152 g/mol. The summed E-state index contributed by atoms with van der Waals surface area (Å²) in [7, 11) is -0.498. The van der Waals surface area contributed by atoms with Crippen LogP contribution in [0.4, 0.5) is 0 Å². The van der Waals surface area contributed by atoms with E-state index in [1.54, 1.807) is 0 Å². The van der Waals surface area contributed by atoms with Gasteiger partial charge < -0.3 is 0 Å². The molecule has 1 saturated heterocycles. The molecule has 0 N–H and O–H groups in total. The molecule has 0 amide bonds. The minimum Gasteiger partial charge on any atom is -0.258 e. The van der Waals surface area contributed by atoms with Crippen LogP contribution >= 0.6 is 11.8 Å². The number of hydrogen-bond acceptors (Lipinski definition) is 2. The van der Waals surface area contributed by atoms with Crippen molar-refractivity contribution in [2.24, 2.45) is 0 Å². The van der Waals surface area contributed by atoms with Crippen LogP contribution in [0.25, 0.3) is 0 Å². The first kappa shape index (κ1) is 7.61. The maximum atomic E-state index is 11.1. The third kappa shape index (κ3) is 1.97. The molecular formula is C6H12OS2. The molecule has 0 radical (unpaired) electrons. The van der Waals surface area contributed by atoms with E-state index in [9.17, 15) is 4.21 Å². The van der Waals surface area contributed by atoms with Crippen LogP contribution in [0.15, 0.2) is 0 Å². The van der Waals surface area contributed by atoms with E-state index < -0.39 is 10.8 Å². The summed E-state index contributed by atoms with van der Waals surface area (Å²) in [6, 6.07) is 0. The fraction of sp³-hybridized carbons (Fsp3) is 1.00. The van der Waals surface area contributed by atoms with Crippen molar-refractivity contribution in [2.75, 3.05) is 11.5 Å². The summed E-state index contributed by atoms with van der Waals surface area (Å²) in [5.74, 6) is 2.03. The lowest BCUT2D eigenvalue weighted by molar-refractivity contribution is 0.679. The zero-order valence-corrected chi connectivity index (χ0v) is 7.26. The molecule has 9 heavy (non-hydrogen) atoms. The van der Waals surface area contributed by atoms with E-state index in [-0.39, 0.29) is 0 Å². The molecule has 0 bridgehead atoms. The van der Waals surface area contributed by atoms with Crippen LogP contribution in [-0.2, 0) is 10.8 Å². The van der Waals surface area contributed by atoms with Gasteiger partial charge in [-0.25, -0.2) is 0 Å². The van der Waals surface area contributed by atoms with E-state index >= 15 is 0 Å². The van der Waals surface area contributed by atoms with Crippen molar-refractivity contribution in [3.63, 3.8) is 0 Å². The second kappa shape index (κ2) is 3.62. The van der Waals surface area contributed by atoms with Crippen LogP contribution in [0, 0.1) is 0 Å². The molecule has 2 atom stereocenters. The molecule has 0 unspecified atom stereocenters. The fourth-order valence-corrected chi connectivity index (χ4v) is 4.57. The maximum absolute atomic E-state index is 11.1. The third-order valence-corrected chi connectivity index (χ3v) is 5.19. The van der Waals surface area contributed by atoms with Gasteiger partial charge in [-0.05, 0) is 6.42 Å². The van der Waals surface area contributed by atoms with Gasteiger partial charge in [0, 0.05) is 22.3 Å². The van der Waals surface area contributed by atoms with Crippen molar-refractivity contribution in [3.05, 3.63) is 0 Å². The summed E-state index contributed by atoms with van der Waals surface area (Å²) in [6.45, 7) is 2.15. The Hall–Kier alpha value is 0.500. The van der Waals surface area contributed by atoms with Crippen LogP contribution < -0.4 is 0 Å². The molecule has 1 rings (SSSR count). The average Bonchev–Trinajstić information content (AvgIpc) is 2.18. The Morgan fingerprint density at radius 1 is 1.78 bits per heavy atom. The smallest absolute Gasteiger partial charge is 0.0801 e. The molecule has 1 heterocycles. The summed E-state index contributed by atoms with van der Waals surface area (Å²) in [4.78, 5) is 0. The predicted octanol–water partition coefficient (Wildman–Crippen LogP) is 1.61. The molecule has 1 fully saturated rings. The lowest BCUT2D eigenvalue weighted by Crippen LogP contribution is -2.04. The first-order chi connectivity index (χ1) is 4.34. The normalized spacial score (nSPS) is 35.2. The molecule has 3 heteroatoms. The second-order valence-electron chi connectivity index (χ2n) is 2.17. The average molecular weight is 164 g/mol. The van der Waals surface area contributed by atoms with Crippen LogP contribution in [0.1, 0.15) is 19.8 Å². The summed E-state index contributed by atoms with van der Waals surface area (Å²) in [6.07, 6.45) is 2.31. The first-order valence-electron chi connectivity index (χ1n) is 3.33. The maximum Gasteiger partial charge on any atom is 0.0801 e. The van der Waals surface area contributed by atoms with Crippen molar-refractivity contribution in [1.82, 2.24) is 0 Å². The van der Waals surface area contributed by atoms with Crippen LogP contribution in [-0.4, -0.2) is 20.3 Å². The summed E-state index contributed by atoms with van der Waals surface area (Å²) < 4.78 is 11.5. The number of thioether (sulfide) groups is 1. The lowest BCUT2D eigenvalue weighted by atomic mass is 10.4. The Bertz CT molecular complexity index is 114. The molecule has 0 aliphatic carbocycles. The highest BCUT2D eigenvalue weighted by Gasteiger charge is 2.21. The minimum absolute atomic E-state index is 0.468. The minimum atomic E-state index is -0.498. The Balaban J connectivity index is 2.31. The highest BCUT2D eigenvalue weighted by Crippen LogP contribution is 2.26. The Morgan fingerprint density at radius 3 is 3.00 bits per heavy atom. The Kier molecular flexibility index (Phi) is 3.06. The van der Waals surface area contributed by atoms with Crippen molar-refractivity contribution in [3.8, 4) is 0 Å². The molecule has 0 aromatic carbocycles. The molecule has 0 aromatic rings. The molecule has 0 spiro atoms. The SMILES string of the molecule is CCC[C@H]1SCC[S@@]1=O. The molecule has 0 saturated carbocycles. The van der Waals surface area contributed by atoms with E-state index in [1.165, 1.54) is 6.42 Å². The quantitative estimate of drug-likeness (QED) is 0.617.